The number of hydrogen-bond acceptors (Lipinski definition) is 4. The number of rotatable bonds is 7. The third-order valence-corrected chi connectivity index (χ3v) is 6.24. The number of benzene rings is 2. The largest absolute Gasteiger partial charge is 0.329 e. The first-order valence-electron chi connectivity index (χ1n) is 11.4. The summed E-state index contributed by atoms with van der Waals surface area (Å²) in [5.74, 6) is 0.150. The molecule has 0 spiro atoms. The predicted octanol–water partition coefficient (Wildman–Crippen LogP) is 3.75. The van der Waals surface area contributed by atoms with E-state index in [0.717, 1.165) is 29.8 Å². The van der Waals surface area contributed by atoms with Gasteiger partial charge in [0, 0.05) is 24.7 Å². The summed E-state index contributed by atoms with van der Waals surface area (Å²) in [6.07, 6.45) is 9.13. The zero-order chi connectivity index (χ0) is 24.5. The Hall–Kier alpha value is -4.27. The second kappa shape index (κ2) is 9.17. The number of carbonyl (C=O) groups excluding carboxylic acids is 1. The zero-order valence-corrected chi connectivity index (χ0v) is 19.5. The number of carbonyl (C=O) groups is 1. The molecule has 0 saturated carbocycles. The van der Waals surface area contributed by atoms with Crippen molar-refractivity contribution in [3.63, 3.8) is 0 Å². The number of hydrogen-bond donors (Lipinski definition) is 2. The third kappa shape index (κ3) is 4.57. The number of anilines is 1. The molecule has 0 fully saturated rings. The zero-order valence-electron chi connectivity index (χ0n) is 19.5. The number of aromatic nitrogens is 5. The van der Waals surface area contributed by atoms with E-state index >= 15 is 0 Å². The Labute approximate surface area is 200 Å². The molecule has 8 nitrogen and oxygen atoms in total. The lowest BCUT2D eigenvalue weighted by Gasteiger charge is -2.08. The molecule has 0 bridgehead atoms. The van der Waals surface area contributed by atoms with Gasteiger partial charge in [0.2, 0.25) is 5.91 Å². The number of allylic oxidation sites excluding steroid dienone is 4. The van der Waals surface area contributed by atoms with E-state index in [2.05, 4.69) is 32.7 Å². The Morgan fingerprint density at radius 2 is 2.03 bits per heavy atom. The topological polar surface area (TPSA) is 97.6 Å². The molecule has 2 aromatic heterocycles. The fraction of sp³-hybridized carbons (Fsp3) is 0.231. The summed E-state index contributed by atoms with van der Waals surface area (Å²) >= 11 is 0. The van der Waals surface area contributed by atoms with E-state index in [-0.39, 0.29) is 24.1 Å². The lowest BCUT2D eigenvalue weighted by molar-refractivity contribution is -0.116. The summed E-state index contributed by atoms with van der Waals surface area (Å²) in [5, 5.41) is 9.52. The van der Waals surface area contributed by atoms with Crippen molar-refractivity contribution in [3.8, 4) is 0 Å². The molecule has 2 N–H and O–H groups in total. The van der Waals surface area contributed by atoms with Crippen LogP contribution in [0.3, 0.4) is 0 Å². The van der Waals surface area contributed by atoms with Crippen LogP contribution in [0.2, 0.25) is 0 Å². The van der Waals surface area contributed by atoms with E-state index in [9.17, 15) is 14.0 Å². The van der Waals surface area contributed by atoms with E-state index in [4.69, 9.17) is 0 Å². The lowest BCUT2D eigenvalue weighted by atomic mass is 10.0. The van der Waals surface area contributed by atoms with Gasteiger partial charge in [-0.3, -0.25) is 19.0 Å². The minimum Gasteiger partial charge on any atom is -0.325 e. The van der Waals surface area contributed by atoms with Crippen molar-refractivity contribution in [3.05, 3.63) is 94.2 Å². The van der Waals surface area contributed by atoms with E-state index < -0.39 is 5.82 Å². The first-order valence-corrected chi connectivity index (χ1v) is 11.4. The molecule has 178 valence electrons. The number of halogens is 1. The molecular weight excluding hydrogens is 447 g/mol. The SMILES string of the molecule is Cc1ccc(NC(=O)Cn2c(=O)n(C)c3c(C4=CC(CCc5ncn[nH]5)C=C4)cc(F)cc32)cc1. The van der Waals surface area contributed by atoms with Gasteiger partial charge in [0.05, 0.1) is 11.0 Å². The van der Waals surface area contributed by atoms with Crippen molar-refractivity contribution in [1.82, 2.24) is 24.3 Å². The molecule has 1 atom stereocenters. The van der Waals surface area contributed by atoms with Crippen molar-refractivity contribution in [2.24, 2.45) is 13.0 Å². The Morgan fingerprint density at radius 3 is 2.77 bits per heavy atom. The van der Waals surface area contributed by atoms with Crippen LogP contribution in [-0.4, -0.2) is 30.2 Å². The maximum atomic E-state index is 14.7. The van der Waals surface area contributed by atoms with Gasteiger partial charge in [0.1, 0.15) is 24.5 Å². The van der Waals surface area contributed by atoms with Crippen molar-refractivity contribution in [2.45, 2.75) is 26.3 Å². The molecule has 1 aliphatic rings. The minimum atomic E-state index is -0.467. The highest BCUT2D eigenvalue weighted by Crippen LogP contribution is 2.32. The van der Waals surface area contributed by atoms with E-state index in [1.807, 2.05) is 25.1 Å². The van der Waals surface area contributed by atoms with Gasteiger partial charge in [0.15, 0.2) is 0 Å². The third-order valence-electron chi connectivity index (χ3n) is 6.24. The molecule has 2 heterocycles. The highest BCUT2D eigenvalue weighted by atomic mass is 19.1. The molecule has 4 aromatic rings. The highest BCUT2D eigenvalue weighted by molar-refractivity contribution is 5.95. The molecule has 9 heteroatoms. The van der Waals surface area contributed by atoms with Crippen LogP contribution in [0.15, 0.2) is 65.7 Å². The summed E-state index contributed by atoms with van der Waals surface area (Å²) in [4.78, 5) is 29.9. The summed E-state index contributed by atoms with van der Waals surface area (Å²) in [6.45, 7) is 1.74. The van der Waals surface area contributed by atoms with Gasteiger partial charge >= 0.3 is 5.69 Å². The van der Waals surface area contributed by atoms with E-state index in [0.29, 0.717) is 22.3 Å². The smallest absolute Gasteiger partial charge is 0.325 e. The maximum absolute atomic E-state index is 14.7. The second-order valence-electron chi connectivity index (χ2n) is 8.78. The molecular formula is C26H25FN6O2. The van der Waals surface area contributed by atoms with Crippen molar-refractivity contribution in [1.29, 1.82) is 0 Å². The molecule has 5 rings (SSSR count). The monoisotopic (exact) mass is 472 g/mol. The van der Waals surface area contributed by atoms with E-state index in [1.54, 1.807) is 19.2 Å². The number of fused-ring (bicyclic) bond motifs is 1. The molecule has 0 saturated heterocycles. The van der Waals surface area contributed by atoms with Crippen LogP contribution in [-0.2, 0) is 24.8 Å². The van der Waals surface area contributed by atoms with Crippen LogP contribution in [0.1, 0.15) is 23.4 Å². The summed E-state index contributed by atoms with van der Waals surface area (Å²) in [7, 11) is 1.64. The van der Waals surface area contributed by atoms with Crippen LogP contribution in [0.5, 0.6) is 0 Å². The van der Waals surface area contributed by atoms with Crippen LogP contribution in [0.25, 0.3) is 16.6 Å². The van der Waals surface area contributed by atoms with Gasteiger partial charge in [-0.1, -0.05) is 35.9 Å². The lowest BCUT2D eigenvalue weighted by Crippen LogP contribution is -2.28. The summed E-state index contributed by atoms with van der Waals surface area (Å²) in [6, 6.07) is 10.1. The summed E-state index contributed by atoms with van der Waals surface area (Å²) < 4.78 is 17.5. The Kier molecular flexibility index (Phi) is 5.90. The second-order valence-corrected chi connectivity index (χ2v) is 8.78. The van der Waals surface area contributed by atoms with E-state index in [1.165, 1.54) is 27.6 Å². The molecule has 1 aliphatic carbocycles. The Bertz CT molecular complexity index is 1510. The number of nitrogens with zero attached hydrogens (tertiary/aromatic N) is 4. The van der Waals surface area contributed by atoms with Gasteiger partial charge in [-0.25, -0.2) is 14.2 Å². The van der Waals surface area contributed by atoms with Crippen molar-refractivity contribution >= 4 is 28.2 Å². The van der Waals surface area contributed by atoms with Crippen LogP contribution >= 0.6 is 0 Å². The first kappa shape index (κ1) is 22.5. The molecule has 1 unspecified atom stereocenters. The first-order chi connectivity index (χ1) is 16.9. The van der Waals surface area contributed by atoms with Gasteiger partial charge < -0.3 is 5.32 Å². The Balaban J connectivity index is 1.44. The normalized spacial score (nSPS) is 15.1. The number of amides is 1. The number of aryl methyl sites for hydroxylation is 3. The molecule has 2 aromatic carbocycles. The fourth-order valence-electron chi connectivity index (χ4n) is 4.46. The number of nitrogens with one attached hydrogen (secondary N) is 2. The van der Waals surface area contributed by atoms with Crippen LogP contribution < -0.4 is 11.0 Å². The molecule has 0 aliphatic heterocycles. The Morgan fingerprint density at radius 1 is 1.23 bits per heavy atom. The van der Waals surface area contributed by atoms with Crippen LogP contribution in [0.4, 0.5) is 10.1 Å². The van der Waals surface area contributed by atoms with Crippen molar-refractivity contribution < 1.29 is 9.18 Å². The molecule has 35 heavy (non-hydrogen) atoms. The number of aromatic amines is 1. The van der Waals surface area contributed by atoms with Gasteiger partial charge in [-0.2, -0.15) is 5.10 Å². The van der Waals surface area contributed by atoms with Gasteiger partial charge in [-0.05, 0) is 49.1 Å². The fourth-order valence-corrected chi connectivity index (χ4v) is 4.46. The quantitative estimate of drug-likeness (QED) is 0.428. The maximum Gasteiger partial charge on any atom is 0.329 e. The van der Waals surface area contributed by atoms with Gasteiger partial charge in [-0.15, -0.1) is 0 Å². The number of imidazole rings is 1. The average molecular weight is 473 g/mol. The standard InChI is InChI=1S/C26H25FN6O2/c1-16-3-8-20(9-4-16)30-24(34)14-33-22-13-19(27)12-21(25(22)32(2)26(33)35)18-7-5-17(11-18)6-10-23-28-15-29-31-23/h3-5,7-9,11-13,15,17H,6,10,14H2,1-2H3,(H,30,34)(H,28,29,31). The number of H-pyrrole nitrogens is 1. The van der Waals surface area contributed by atoms with Crippen LogP contribution in [0, 0.1) is 18.7 Å². The molecule has 1 amide bonds. The average Bonchev–Trinajstić information content (AvgIpc) is 3.57. The predicted molar refractivity (Wildman–Crippen MR) is 132 cm³/mol. The summed E-state index contributed by atoms with van der Waals surface area (Å²) in [5.41, 5.74) is 3.77. The molecule has 0 radical (unpaired) electrons. The van der Waals surface area contributed by atoms with Gasteiger partial charge in [0.25, 0.3) is 0 Å². The highest BCUT2D eigenvalue weighted by Gasteiger charge is 2.21. The minimum absolute atomic E-state index is 0.160. The van der Waals surface area contributed by atoms with Crippen molar-refractivity contribution in [2.75, 3.05) is 5.32 Å².